The Labute approximate surface area is 94.6 Å². The number of rotatable bonds is 2. The van der Waals surface area contributed by atoms with Crippen molar-refractivity contribution in [1.82, 2.24) is 0 Å². The van der Waals surface area contributed by atoms with Crippen LogP contribution in [0.3, 0.4) is 0 Å². The van der Waals surface area contributed by atoms with Crippen LogP contribution < -0.4 is 0 Å². The van der Waals surface area contributed by atoms with Gasteiger partial charge in [-0.05, 0) is 31.1 Å². The summed E-state index contributed by atoms with van der Waals surface area (Å²) in [5.74, 6) is 1.38. The third kappa shape index (κ3) is 2.13. The molecule has 0 bridgehead atoms. The van der Waals surface area contributed by atoms with E-state index in [4.69, 9.17) is 0 Å². The lowest BCUT2D eigenvalue weighted by Crippen LogP contribution is -2.47. The Morgan fingerprint density at radius 1 is 1.40 bits per heavy atom. The third-order valence-corrected chi connectivity index (χ3v) is 4.47. The van der Waals surface area contributed by atoms with Gasteiger partial charge in [-0.25, -0.2) is 0 Å². The van der Waals surface area contributed by atoms with Crippen molar-refractivity contribution in [1.29, 1.82) is 0 Å². The molecule has 1 N–H and O–H groups in total. The largest absolute Gasteiger partial charge is 0.392 e. The summed E-state index contributed by atoms with van der Waals surface area (Å²) >= 11 is 0. The zero-order valence-electron chi connectivity index (χ0n) is 11.0. The Bertz CT molecular complexity index is 254. The monoisotopic (exact) mass is 210 g/mol. The van der Waals surface area contributed by atoms with Crippen molar-refractivity contribution in [2.75, 3.05) is 0 Å². The van der Waals surface area contributed by atoms with E-state index in [1.807, 2.05) is 0 Å². The molecule has 0 spiro atoms. The fraction of sp³-hybridized carbons (Fsp3) is 0.857. The molecule has 15 heavy (non-hydrogen) atoms. The maximum atomic E-state index is 10.4. The minimum Gasteiger partial charge on any atom is -0.392 e. The molecule has 0 aliphatic heterocycles. The van der Waals surface area contributed by atoms with Gasteiger partial charge in [0.1, 0.15) is 0 Å². The Morgan fingerprint density at radius 2 is 1.93 bits per heavy atom. The van der Waals surface area contributed by atoms with Gasteiger partial charge >= 0.3 is 0 Å². The molecule has 88 valence electrons. The van der Waals surface area contributed by atoms with Crippen molar-refractivity contribution >= 4 is 0 Å². The van der Waals surface area contributed by atoms with E-state index in [2.05, 4.69) is 47.6 Å². The van der Waals surface area contributed by atoms with E-state index >= 15 is 0 Å². The summed E-state index contributed by atoms with van der Waals surface area (Å²) in [7, 11) is 0. The van der Waals surface area contributed by atoms with Gasteiger partial charge < -0.3 is 5.11 Å². The third-order valence-electron chi connectivity index (χ3n) is 4.47. The fourth-order valence-corrected chi connectivity index (χ4v) is 3.11. The van der Waals surface area contributed by atoms with Gasteiger partial charge in [0.25, 0.3) is 0 Å². The molecule has 0 aromatic rings. The second-order valence-corrected chi connectivity index (χ2v) is 5.96. The minimum absolute atomic E-state index is 0.0354. The molecule has 0 aromatic heterocycles. The first-order valence-electron chi connectivity index (χ1n) is 6.15. The molecule has 0 amide bonds. The average Bonchev–Trinajstić information content (AvgIpc) is 2.12. The smallest absolute Gasteiger partial charge is 0.0624 e. The second-order valence-electron chi connectivity index (χ2n) is 5.96. The maximum absolute atomic E-state index is 10.4. The van der Waals surface area contributed by atoms with E-state index in [0.29, 0.717) is 17.8 Å². The molecule has 0 radical (unpaired) electrons. The quantitative estimate of drug-likeness (QED) is 0.690. The summed E-state index contributed by atoms with van der Waals surface area (Å²) < 4.78 is 0. The van der Waals surface area contributed by atoms with E-state index < -0.39 is 0 Å². The predicted octanol–water partition coefficient (Wildman–Crippen LogP) is 3.63. The van der Waals surface area contributed by atoms with Gasteiger partial charge in [-0.15, -0.1) is 0 Å². The van der Waals surface area contributed by atoms with Crippen LogP contribution >= 0.6 is 0 Å². The van der Waals surface area contributed by atoms with E-state index in [-0.39, 0.29) is 11.5 Å². The Morgan fingerprint density at radius 3 is 2.33 bits per heavy atom. The SMILES string of the molecule is CC1=CC(C)C(C)(C(O)C(C)C)C(C)C1. The van der Waals surface area contributed by atoms with E-state index in [9.17, 15) is 5.11 Å². The Hall–Kier alpha value is -0.300. The maximum Gasteiger partial charge on any atom is 0.0624 e. The molecule has 1 aliphatic carbocycles. The Kier molecular flexibility index (Phi) is 3.65. The molecule has 0 saturated heterocycles. The minimum atomic E-state index is -0.202. The van der Waals surface area contributed by atoms with Gasteiger partial charge in [0, 0.05) is 5.41 Å². The predicted molar refractivity (Wildman–Crippen MR) is 65.7 cm³/mol. The normalized spacial score (nSPS) is 39.1. The van der Waals surface area contributed by atoms with Crippen LogP contribution in [0.1, 0.15) is 48.0 Å². The van der Waals surface area contributed by atoms with Crippen molar-refractivity contribution in [3.05, 3.63) is 11.6 Å². The van der Waals surface area contributed by atoms with Crippen molar-refractivity contribution in [2.45, 2.75) is 54.1 Å². The highest BCUT2D eigenvalue weighted by atomic mass is 16.3. The highest BCUT2D eigenvalue weighted by molar-refractivity contribution is 5.13. The lowest BCUT2D eigenvalue weighted by atomic mass is 9.59. The van der Waals surface area contributed by atoms with Crippen LogP contribution in [0.2, 0.25) is 0 Å². The van der Waals surface area contributed by atoms with E-state index in [1.165, 1.54) is 5.57 Å². The van der Waals surface area contributed by atoms with Gasteiger partial charge in [0.05, 0.1) is 6.10 Å². The first-order chi connectivity index (χ1) is 6.80. The summed E-state index contributed by atoms with van der Waals surface area (Å²) in [6, 6.07) is 0. The fourth-order valence-electron chi connectivity index (χ4n) is 3.11. The standard InChI is InChI=1S/C14H26O/c1-9(2)13(15)14(6)11(4)7-10(3)8-12(14)5/h7,9,11-13,15H,8H2,1-6H3. The molecule has 1 rings (SSSR count). The summed E-state index contributed by atoms with van der Waals surface area (Å²) in [6.07, 6.45) is 3.27. The van der Waals surface area contributed by atoms with E-state index in [0.717, 1.165) is 6.42 Å². The summed E-state index contributed by atoms with van der Waals surface area (Å²) in [4.78, 5) is 0. The molecule has 0 heterocycles. The molecule has 0 saturated carbocycles. The number of aliphatic hydroxyl groups is 1. The van der Waals surface area contributed by atoms with E-state index in [1.54, 1.807) is 0 Å². The first-order valence-corrected chi connectivity index (χ1v) is 6.15. The number of allylic oxidation sites excluding steroid dienone is 2. The van der Waals surface area contributed by atoms with Crippen molar-refractivity contribution in [3.8, 4) is 0 Å². The molecular formula is C14H26O. The van der Waals surface area contributed by atoms with Crippen LogP contribution in [0, 0.1) is 23.2 Å². The van der Waals surface area contributed by atoms with Gasteiger partial charge in [0.2, 0.25) is 0 Å². The van der Waals surface area contributed by atoms with Gasteiger partial charge in [-0.3, -0.25) is 0 Å². The zero-order valence-corrected chi connectivity index (χ0v) is 11.0. The van der Waals surface area contributed by atoms with Crippen LogP contribution in [-0.4, -0.2) is 11.2 Å². The van der Waals surface area contributed by atoms with Crippen LogP contribution in [0.25, 0.3) is 0 Å². The molecule has 4 atom stereocenters. The zero-order chi connectivity index (χ0) is 11.8. The lowest BCUT2D eigenvalue weighted by Gasteiger charge is -2.48. The van der Waals surface area contributed by atoms with Crippen LogP contribution in [0.15, 0.2) is 11.6 Å². The topological polar surface area (TPSA) is 20.2 Å². The summed E-state index contributed by atoms with van der Waals surface area (Å²) in [5, 5.41) is 10.4. The molecule has 0 fully saturated rings. The average molecular weight is 210 g/mol. The molecule has 0 aromatic carbocycles. The number of hydrogen-bond acceptors (Lipinski definition) is 1. The van der Waals surface area contributed by atoms with Crippen molar-refractivity contribution in [2.24, 2.45) is 23.2 Å². The summed E-state index contributed by atoms with van der Waals surface area (Å²) in [5.41, 5.74) is 1.51. The van der Waals surface area contributed by atoms with Crippen LogP contribution in [0.4, 0.5) is 0 Å². The molecule has 1 aliphatic rings. The molecule has 4 unspecified atom stereocenters. The first kappa shape index (κ1) is 12.8. The Balaban J connectivity index is 3.01. The molecule has 1 nitrogen and oxygen atoms in total. The lowest BCUT2D eigenvalue weighted by molar-refractivity contribution is -0.0596. The molecular weight excluding hydrogens is 184 g/mol. The van der Waals surface area contributed by atoms with Crippen molar-refractivity contribution in [3.63, 3.8) is 0 Å². The van der Waals surface area contributed by atoms with Crippen LogP contribution in [-0.2, 0) is 0 Å². The van der Waals surface area contributed by atoms with Crippen LogP contribution in [0.5, 0.6) is 0 Å². The van der Waals surface area contributed by atoms with Crippen molar-refractivity contribution < 1.29 is 5.11 Å². The highest BCUT2D eigenvalue weighted by Crippen LogP contribution is 2.48. The number of hydrogen-bond donors (Lipinski definition) is 1. The van der Waals surface area contributed by atoms with Gasteiger partial charge in [0.15, 0.2) is 0 Å². The van der Waals surface area contributed by atoms with Gasteiger partial charge in [-0.1, -0.05) is 46.3 Å². The number of aliphatic hydroxyl groups excluding tert-OH is 1. The highest BCUT2D eigenvalue weighted by Gasteiger charge is 2.45. The van der Waals surface area contributed by atoms with Gasteiger partial charge in [-0.2, -0.15) is 0 Å². The molecule has 1 heteroatoms. The second kappa shape index (κ2) is 4.29. The summed E-state index contributed by atoms with van der Waals surface area (Å²) in [6.45, 7) is 13.2.